The molecule has 1 amide bonds. The van der Waals surface area contributed by atoms with E-state index in [1.54, 1.807) is 0 Å². The maximum Gasteiger partial charge on any atom is 0.239 e. The molecule has 0 bridgehead atoms. The molecule has 3 N–H and O–H groups in total. The number of hydrogen-bond acceptors (Lipinski definition) is 4. The fourth-order valence-electron chi connectivity index (χ4n) is 2.76. The minimum Gasteiger partial charge on any atom is -0.454 e. The quantitative estimate of drug-likeness (QED) is 0.862. The highest BCUT2D eigenvalue weighted by Gasteiger charge is 2.25. The summed E-state index contributed by atoms with van der Waals surface area (Å²) in [5.41, 5.74) is 6.36. The zero-order valence-electron chi connectivity index (χ0n) is 10.7. The molecule has 1 unspecified atom stereocenters. The van der Waals surface area contributed by atoms with Gasteiger partial charge in [0.15, 0.2) is 11.5 Å². The number of primary amides is 1. The zero-order chi connectivity index (χ0) is 13.2. The van der Waals surface area contributed by atoms with Gasteiger partial charge in [0.25, 0.3) is 0 Å². The molecule has 2 aliphatic rings. The molecule has 1 saturated carbocycles. The Balaban J connectivity index is 1.81. The molecule has 0 saturated heterocycles. The van der Waals surface area contributed by atoms with Gasteiger partial charge in [0.05, 0.1) is 0 Å². The molecule has 1 heterocycles. The molecule has 1 atom stereocenters. The largest absolute Gasteiger partial charge is 0.454 e. The molecule has 1 fully saturated rings. The highest BCUT2D eigenvalue weighted by molar-refractivity contribution is 5.81. The van der Waals surface area contributed by atoms with Gasteiger partial charge in [-0.1, -0.05) is 18.9 Å². The summed E-state index contributed by atoms with van der Waals surface area (Å²) in [6.07, 6.45) is 4.64. The van der Waals surface area contributed by atoms with Gasteiger partial charge < -0.3 is 15.2 Å². The normalized spacial score (nSPS) is 19.6. The standard InChI is InChI=1S/C14H18N2O3/c15-14(17)13(16-10-3-1-2-4-10)9-5-6-11-12(7-9)19-8-18-11/h5-7,10,13,16H,1-4,8H2,(H2,15,17). The summed E-state index contributed by atoms with van der Waals surface area (Å²) in [7, 11) is 0. The first-order valence-electron chi connectivity index (χ1n) is 6.69. The fraction of sp³-hybridized carbons (Fsp3) is 0.500. The molecule has 102 valence electrons. The highest BCUT2D eigenvalue weighted by Crippen LogP contribution is 2.34. The van der Waals surface area contributed by atoms with Gasteiger partial charge in [0.1, 0.15) is 6.04 Å². The number of carbonyl (C=O) groups excluding carboxylic acids is 1. The predicted molar refractivity (Wildman–Crippen MR) is 69.9 cm³/mol. The van der Waals surface area contributed by atoms with E-state index in [1.165, 1.54) is 12.8 Å². The van der Waals surface area contributed by atoms with Crippen molar-refractivity contribution in [2.24, 2.45) is 5.73 Å². The molecule has 0 aromatic heterocycles. The topological polar surface area (TPSA) is 73.6 Å². The Kier molecular flexibility index (Phi) is 3.29. The van der Waals surface area contributed by atoms with Crippen LogP contribution < -0.4 is 20.5 Å². The van der Waals surface area contributed by atoms with Crippen LogP contribution in [0.25, 0.3) is 0 Å². The Morgan fingerprint density at radius 2 is 2.00 bits per heavy atom. The summed E-state index contributed by atoms with van der Waals surface area (Å²) in [5, 5.41) is 3.35. The van der Waals surface area contributed by atoms with Crippen LogP contribution in [0.5, 0.6) is 11.5 Å². The number of carbonyl (C=O) groups is 1. The number of hydrogen-bond donors (Lipinski definition) is 2. The van der Waals surface area contributed by atoms with E-state index < -0.39 is 6.04 Å². The van der Waals surface area contributed by atoms with E-state index in [4.69, 9.17) is 15.2 Å². The van der Waals surface area contributed by atoms with E-state index in [2.05, 4.69) is 5.32 Å². The molecule has 5 heteroatoms. The van der Waals surface area contributed by atoms with E-state index in [-0.39, 0.29) is 12.7 Å². The van der Waals surface area contributed by atoms with Gasteiger partial charge in [-0.15, -0.1) is 0 Å². The van der Waals surface area contributed by atoms with Crippen LogP contribution in [0.3, 0.4) is 0 Å². The Hall–Kier alpha value is -1.75. The maximum absolute atomic E-state index is 11.7. The summed E-state index contributed by atoms with van der Waals surface area (Å²) >= 11 is 0. The number of benzene rings is 1. The average Bonchev–Trinajstić information content (AvgIpc) is 3.05. The Morgan fingerprint density at radius 3 is 2.74 bits per heavy atom. The summed E-state index contributed by atoms with van der Waals surface area (Å²) in [5.74, 6) is 1.04. The lowest BCUT2D eigenvalue weighted by Gasteiger charge is -2.20. The fourth-order valence-corrected chi connectivity index (χ4v) is 2.76. The van der Waals surface area contributed by atoms with Crippen molar-refractivity contribution in [3.8, 4) is 11.5 Å². The van der Waals surface area contributed by atoms with Crippen molar-refractivity contribution in [2.45, 2.75) is 37.8 Å². The summed E-state index contributed by atoms with van der Waals surface area (Å²) < 4.78 is 10.6. The van der Waals surface area contributed by atoms with E-state index in [0.29, 0.717) is 17.5 Å². The molecule has 0 spiro atoms. The third-order valence-corrected chi connectivity index (χ3v) is 3.77. The van der Waals surface area contributed by atoms with Crippen molar-refractivity contribution in [3.63, 3.8) is 0 Å². The van der Waals surface area contributed by atoms with Crippen molar-refractivity contribution in [3.05, 3.63) is 23.8 Å². The zero-order valence-corrected chi connectivity index (χ0v) is 10.7. The lowest BCUT2D eigenvalue weighted by atomic mass is 10.0. The molecule has 19 heavy (non-hydrogen) atoms. The summed E-state index contributed by atoms with van der Waals surface area (Å²) in [4.78, 5) is 11.7. The maximum atomic E-state index is 11.7. The summed E-state index contributed by atoms with van der Waals surface area (Å²) in [6.45, 7) is 0.232. The predicted octanol–water partition coefficient (Wildman–Crippen LogP) is 1.47. The van der Waals surface area contributed by atoms with E-state index in [0.717, 1.165) is 18.4 Å². The number of amides is 1. The van der Waals surface area contributed by atoms with Crippen LogP contribution in [0.2, 0.25) is 0 Å². The lowest BCUT2D eigenvalue weighted by Crippen LogP contribution is -2.38. The van der Waals surface area contributed by atoms with Gasteiger partial charge in [0.2, 0.25) is 12.7 Å². The molecule has 1 aliphatic heterocycles. The average molecular weight is 262 g/mol. The summed E-state index contributed by atoms with van der Waals surface area (Å²) in [6, 6.07) is 5.44. The monoisotopic (exact) mass is 262 g/mol. The number of nitrogens with one attached hydrogen (secondary N) is 1. The number of rotatable bonds is 4. The van der Waals surface area contributed by atoms with Crippen molar-refractivity contribution in [1.29, 1.82) is 0 Å². The van der Waals surface area contributed by atoms with E-state index in [9.17, 15) is 4.79 Å². The molecule has 1 aromatic rings. The van der Waals surface area contributed by atoms with Crippen LogP contribution in [0.4, 0.5) is 0 Å². The Bertz CT molecular complexity index is 484. The minimum absolute atomic E-state index is 0.232. The third kappa shape index (κ3) is 2.51. The van der Waals surface area contributed by atoms with Crippen LogP contribution in [-0.2, 0) is 4.79 Å². The van der Waals surface area contributed by atoms with Crippen LogP contribution in [0.1, 0.15) is 37.3 Å². The molecule has 3 rings (SSSR count). The smallest absolute Gasteiger partial charge is 0.239 e. The first kappa shape index (κ1) is 12.3. The molecule has 1 aromatic carbocycles. The Morgan fingerprint density at radius 1 is 1.26 bits per heavy atom. The van der Waals surface area contributed by atoms with Crippen LogP contribution >= 0.6 is 0 Å². The number of nitrogens with two attached hydrogens (primary N) is 1. The van der Waals surface area contributed by atoms with E-state index >= 15 is 0 Å². The SMILES string of the molecule is NC(=O)C(NC1CCCC1)c1ccc2c(c1)OCO2. The van der Waals surface area contributed by atoms with Crippen LogP contribution in [0.15, 0.2) is 18.2 Å². The van der Waals surface area contributed by atoms with Gasteiger partial charge in [-0.3, -0.25) is 10.1 Å². The van der Waals surface area contributed by atoms with Gasteiger partial charge >= 0.3 is 0 Å². The second-order valence-corrected chi connectivity index (χ2v) is 5.10. The highest BCUT2D eigenvalue weighted by atomic mass is 16.7. The Labute approximate surface area is 112 Å². The van der Waals surface area contributed by atoms with Crippen molar-refractivity contribution in [2.75, 3.05) is 6.79 Å². The van der Waals surface area contributed by atoms with Gasteiger partial charge in [0, 0.05) is 6.04 Å². The lowest BCUT2D eigenvalue weighted by molar-refractivity contribution is -0.120. The van der Waals surface area contributed by atoms with Crippen molar-refractivity contribution in [1.82, 2.24) is 5.32 Å². The van der Waals surface area contributed by atoms with Gasteiger partial charge in [-0.25, -0.2) is 0 Å². The van der Waals surface area contributed by atoms with Crippen LogP contribution in [0, 0.1) is 0 Å². The first-order chi connectivity index (χ1) is 9.24. The van der Waals surface area contributed by atoms with Crippen molar-refractivity contribution < 1.29 is 14.3 Å². The molecular formula is C14H18N2O3. The molecular weight excluding hydrogens is 244 g/mol. The van der Waals surface area contributed by atoms with Gasteiger partial charge in [-0.2, -0.15) is 0 Å². The second-order valence-electron chi connectivity index (χ2n) is 5.10. The third-order valence-electron chi connectivity index (χ3n) is 3.77. The van der Waals surface area contributed by atoms with Crippen LogP contribution in [-0.4, -0.2) is 18.7 Å². The number of fused-ring (bicyclic) bond motifs is 1. The van der Waals surface area contributed by atoms with Crippen molar-refractivity contribution >= 4 is 5.91 Å². The molecule has 5 nitrogen and oxygen atoms in total. The van der Waals surface area contributed by atoms with Gasteiger partial charge in [-0.05, 0) is 30.5 Å². The molecule has 0 radical (unpaired) electrons. The first-order valence-corrected chi connectivity index (χ1v) is 6.69. The van der Waals surface area contributed by atoms with E-state index in [1.807, 2.05) is 18.2 Å². The minimum atomic E-state index is -0.461. The molecule has 1 aliphatic carbocycles. The second kappa shape index (κ2) is 5.09. The number of ether oxygens (including phenoxy) is 2.